The number of hydrogen-bond acceptors (Lipinski definition) is 6. The molecule has 3 heterocycles. The Hall–Kier alpha value is -1.77. The van der Waals surface area contributed by atoms with E-state index in [1.807, 2.05) is 0 Å². The van der Waals surface area contributed by atoms with E-state index in [0.717, 1.165) is 0 Å². The Morgan fingerprint density at radius 1 is 1.56 bits per heavy atom. The first-order valence-electron chi connectivity index (χ1n) is 5.49. The normalized spacial score (nSPS) is 28.1. The van der Waals surface area contributed by atoms with Gasteiger partial charge in [-0.15, -0.1) is 0 Å². The highest BCUT2D eigenvalue weighted by Gasteiger charge is 2.36. The molecule has 2 aromatic heterocycles. The first kappa shape index (κ1) is 11.3. The van der Waals surface area contributed by atoms with E-state index in [4.69, 9.17) is 4.74 Å². The number of fused-ring (bicyclic) bond motifs is 1. The number of aromatic amines is 1. The fourth-order valence-corrected chi connectivity index (χ4v) is 2.05. The lowest BCUT2D eigenvalue weighted by atomic mass is 10.2. The predicted molar refractivity (Wildman–Crippen MR) is 59.9 cm³/mol. The van der Waals surface area contributed by atoms with Crippen molar-refractivity contribution in [2.24, 2.45) is 0 Å². The van der Waals surface area contributed by atoms with Crippen LogP contribution < -0.4 is 5.56 Å². The summed E-state index contributed by atoms with van der Waals surface area (Å²) in [6, 6.07) is 0. The van der Waals surface area contributed by atoms with Crippen LogP contribution in [0, 0.1) is 6.92 Å². The van der Waals surface area contributed by atoms with Gasteiger partial charge in [-0.1, -0.05) is 0 Å². The van der Waals surface area contributed by atoms with E-state index in [2.05, 4.69) is 15.0 Å². The van der Waals surface area contributed by atoms with Crippen LogP contribution in [0.3, 0.4) is 0 Å². The van der Waals surface area contributed by atoms with Gasteiger partial charge in [-0.3, -0.25) is 9.36 Å². The number of aliphatic hydroxyl groups excluding tert-OH is 2. The summed E-state index contributed by atoms with van der Waals surface area (Å²) in [6.45, 7) is 1.69. The van der Waals surface area contributed by atoms with Crippen LogP contribution in [-0.4, -0.2) is 48.5 Å². The second kappa shape index (κ2) is 3.87. The quantitative estimate of drug-likeness (QED) is 0.580. The number of nitrogens with one attached hydrogen (secondary N) is 1. The Morgan fingerprint density at radius 3 is 3.00 bits per heavy atom. The molecule has 1 aliphatic rings. The van der Waals surface area contributed by atoms with Gasteiger partial charge in [-0.2, -0.15) is 0 Å². The first-order chi connectivity index (χ1) is 8.58. The van der Waals surface area contributed by atoms with Gasteiger partial charge in [0.2, 0.25) is 0 Å². The van der Waals surface area contributed by atoms with Crippen LogP contribution in [0.2, 0.25) is 0 Å². The maximum Gasteiger partial charge on any atom is 0.279 e. The van der Waals surface area contributed by atoms with Gasteiger partial charge in [0.15, 0.2) is 17.4 Å². The molecule has 96 valence electrons. The van der Waals surface area contributed by atoms with Gasteiger partial charge >= 0.3 is 0 Å². The highest BCUT2D eigenvalue weighted by atomic mass is 16.5. The molecule has 0 aromatic carbocycles. The Balaban J connectivity index is 2.16. The summed E-state index contributed by atoms with van der Waals surface area (Å²) >= 11 is 0. The lowest BCUT2D eigenvalue weighted by Crippen LogP contribution is -2.28. The second-order valence-electron chi connectivity index (χ2n) is 4.26. The van der Waals surface area contributed by atoms with E-state index in [1.165, 1.54) is 10.9 Å². The first-order valence-corrected chi connectivity index (χ1v) is 5.49. The smallest absolute Gasteiger partial charge is 0.279 e. The summed E-state index contributed by atoms with van der Waals surface area (Å²) in [5.41, 5.74) is 0.163. The molecule has 0 saturated carbocycles. The number of nitrogens with zero attached hydrogens (tertiary/aromatic N) is 3. The Bertz CT molecular complexity index is 649. The van der Waals surface area contributed by atoms with E-state index in [0.29, 0.717) is 11.5 Å². The van der Waals surface area contributed by atoms with Crippen LogP contribution in [-0.2, 0) is 4.74 Å². The third kappa shape index (κ3) is 1.54. The number of ether oxygens (including phenoxy) is 1. The van der Waals surface area contributed by atoms with Crippen LogP contribution in [0.1, 0.15) is 12.1 Å². The number of aliphatic hydroxyl groups is 2. The minimum absolute atomic E-state index is 0.0354. The average molecular weight is 252 g/mol. The average Bonchev–Trinajstić information content (AvgIpc) is 2.85. The maximum atomic E-state index is 11.6. The van der Waals surface area contributed by atoms with Crippen molar-refractivity contribution >= 4 is 11.2 Å². The zero-order valence-electron chi connectivity index (χ0n) is 9.57. The highest BCUT2D eigenvalue weighted by molar-refractivity contribution is 5.69. The Labute approximate surface area is 101 Å². The largest absolute Gasteiger partial charge is 0.388 e. The molecule has 1 aliphatic heterocycles. The van der Waals surface area contributed by atoms with Gasteiger partial charge in [0, 0.05) is 0 Å². The number of rotatable bonds is 1. The van der Waals surface area contributed by atoms with Crippen molar-refractivity contribution in [1.82, 2.24) is 19.5 Å². The van der Waals surface area contributed by atoms with Crippen LogP contribution in [0.5, 0.6) is 0 Å². The lowest BCUT2D eigenvalue weighted by molar-refractivity contribution is -0.0163. The molecule has 1 fully saturated rings. The molecule has 8 nitrogen and oxygen atoms in total. The van der Waals surface area contributed by atoms with Crippen LogP contribution in [0.15, 0.2) is 11.1 Å². The van der Waals surface area contributed by atoms with Gasteiger partial charge in [-0.05, 0) is 6.92 Å². The predicted octanol–water partition coefficient (Wildman–Crippen LogP) is -1.32. The number of H-pyrrole nitrogens is 1. The molecule has 0 aliphatic carbocycles. The molecular formula is C10H12N4O4. The summed E-state index contributed by atoms with van der Waals surface area (Å²) in [4.78, 5) is 22.3. The monoisotopic (exact) mass is 252 g/mol. The summed E-state index contributed by atoms with van der Waals surface area (Å²) in [5, 5.41) is 19.2. The third-order valence-corrected chi connectivity index (χ3v) is 2.95. The van der Waals surface area contributed by atoms with Gasteiger partial charge in [-0.25, -0.2) is 9.97 Å². The fraction of sp³-hybridized carbons (Fsp3) is 0.500. The second-order valence-corrected chi connectivity index (χ2v) is 4.26. The standard InChI is InChI=1S/C10H12N4O4/c1-4-12-8-6(9(17)13-4)11-3-14(8)10-7(16)5(15)2-18-10/h3,5,7,10,15-16H,2H2,1H3,(H,12,13,17). The molecule has 8 heteroatoms. The van der Waals surface area contributed by atoms with Crippen molar-refractivity contribution in [3.8, 4) is 0 Å². The van der Waals surface area contributed by atoms with E-state index >= 15 is 0 Å². The van der Waals surface area contributed by atoms with Gasteiger partial charge in [0.25, 0.3) is 5.56 Å². The van der Waals surface area contributed by atoms with Crippen LogP contribution >= 0.6 is 0 Å². The fourth-order valence-electron chi connectivity index (χ4n) is 2.05. The summed E-state index contributed by atoms with van der Waals surface area (Å²) in [7, 11) is 0. The molecule has 3 N–H and O–H groups in total. The molecule has 3 unspecified atom stereocenters. The maximum absolute atomic E-state index is 11.6. The van der Waals surface area contributed by atoms with E-state index in [-0.39, 0.29) is 17.7 Å². The molecule has 3 atom stereocenters. The van der Waals surface area contributed by atoms with E-state index in [9.17, 15) is 15.0 Å². The minimum Gasteiger partial charge on any atom is -0.388 e. The van der Waals surface area contributed by atoms with Crippen LogP contribution in [0.4, 0.5) is 0 Å². The van der Waals surface area contributed by atoms with Crippen molar-refractivity contribution in [3.05, 3.63) is 22.5 Å². The van der Waals surface area contributed by atoms with Crippen LogP contribution in [0.25, 0.3) is 11.2 Å². The van der Waals surface area contributed by atoms with E-state index < -0.39 is 18.4 Å². The molecule has 0 radical (unpaired) electrons. The van der Waals surface area contributed by atoms with Crippen molar-refractivity contribution in [2.75, 3.05) is 6.61 Å². The lowest BCUT2D eigenvalue weighted by Gasteiger charge is -2.16. The summed E-state index contributed by atoms with van der Waals surface area (Å²) in [5.74, 6) is 0.447. The van der Waals surface area contributed by atoms with Crippen molar-refractivity contribution < 1.29 is 14.9 Å². The van der Waals surface area contributed by atoms with E-state index in [1.54, 1.807) is 6.92 Å². The molecule has 3 rings (SSSR count). The topological polar surface area (TPSA) is 113 Å². The number of aromatic nitrogens is 4. The molecule has 18 heavy (non-hydrogen) atoms. The molecule has 2 aromatic rings. The van der Waals surface area contributed by atoms with Crippen molar-refractivity contribution in [1.29, 1.82) is 0 Å². The molecule has 0 bridgehead atoms. The summed E-state index contributed by atoms with van der Waals surface area (Å²) < 4.78 is 6.74. The Kier molecular flexibility index (Phi) is 2.44. The van der Waals surface area contributed by atoms with Gasteiger partial charge < -0.3 is 19.9 Å². The van der Waals surface area contributed by atoms with Crippen molar-refractivity contribution in [3.63, 3.8) is 0 Å². The van der Waals surface area contributed by atoms with Gasteiger partial charge in [0.05, 0.1) is 12.9 Å². The van der Waals surface area contributed by atoms with Gasteiger partial charge in [0.1, 0.15) is 18.0 Å². The Morgan fingerprint density at radius 2 is 2.33 bits per heavy atom. The summed E-state index contributed by atoms with van der Waals surface area (Å²) in [6.07, 6.45) is -1.42. The number of hydrogen-bond donors (Lipinski definition) is 3. The minimum atomic E-state index is -1.07. The van der Waals surface area contributed by atoms with Crippen molar-refractivity contribution in [2.45, 2.75) is 25.4 Å². The third-order valence-electron chi connectivity index (χ3n) is 2.95. The highest BCUT2D eigenvalue weighted by Crippen LogP contribution is 2.26. The number of aryl methyl sites for hydroxylation is 1. The zero-order chi connectivity index (χ0) is 12.9. The zero-order valence-corrected chi connectivity index (χ0v) is 9.57. The molecule has 0 spiro atoms. The SMILES string of the molecule is Cc1nc2c(ncn2C2OCC(O)C2O)c(=O)[nH]1. The molecule has 1 saturated heterocycles. The molecular weight excluding hydrogens is 240 g/mol. The number of imidazole rings is 1. The molecule has 0 amide bonds.